The number of pyridine rings is 1. The molecule has 0 aliphatic carbocycles. The molecule has 5 nitrogen and oxygen atoms in total. The summed E-state index contributed by atoms with van der Waals surface area (Å²) in [5.41, 5.74) is 19.6. The van der Waals surface area contributed by atoms with Crippen LogP contribution in [0.3, 0.4) is 0 Å². The van der Waals surface area contributed by atoms with Crippen LogP contribution in [-0.2, 0) is 16.2 Å². The quantitative estimate of drug-likeness (QED) is 0.137. The van der Waals surface area contributed by atoms with Crippen molar-refractivity contribution in [3.63, 3.8) is 0 Å². The summed E-state index contributed by atoms with van der Waals surface area (Å²) in [6.45, 7) is 25.5. The molecule has 0 amide bonds. The average molecular weight is 1060 g/mol. The van der Waals surface area contributed by atoms with Crippen molar-refractivity contribution in [1.82, 2.24) is 9.55 Å². The van der Waals surface area contributed by atoms with Gasteiger partial charge in [-0.2, -0.15) is 0 Å². The van der Waals surface area contributed by atoms with Crippen molar-refractivity contribution in [2.24, 2.45) is 0 Å². The average Bonchev–Trinajstić information content (AvgIpc) is 4.27. The van der Waals surface area contributed by atoms with E-state index in [0.717, 1.165) is 106 Å². The number of nitrogens with zero attached hydrogens (tertiary/aromatic N) is 4. The SMILES string of the molecule is CC(C)c1ccccc1-c1cc(Oc2ccc3c4ccccc4n(-c4cc(C(C)(C)C)ccn4)c3c2)cc(N2CN(c3c(-c4ccc(F)cc4)cc(-c4ccccc4)cc3-c3cc(C(C)(C)C)cc(C(C)(C)C)c3)c3ccccc32)c1. The monoisotopic (exact) mass is 1060 g/mol. The third-order valence-corrected chi connectivity index (χ3v) is 16.2. The molecule has 6 heteroatoms. The maximum atomic E-state index is 15.1. The lowest BCUT2D eigenvalue weighted by Crippen LogP contribution is -2.25. The van der Waals surface area contributed by atoms with Gasteiger partial charge < -0.3 is 14.5 Å². The lowest BCUT2D eigenvalue weighted by Gasteiger charge is -2.30. The van der Waals surface area contributed by atoms with E-state index in [9.17, 15) is 0 Å². The topological polar surface area (TPSA) is 33.5 Å². The number of hydrogen-bond donors (Lipinski definition) is 0. The molecular formula is C75H71FN4O. The zero-order valence-electron chi connectivity index (χ0n) is 48.6. The summed E-state index contributed by atoms with van der Waals surface area (Å²) in [5, 5.41) is 2.29. The van der Waals surface area contributed by atoms with Gasteiger partial charge in [0.15, 0.2) is 0 Å². The first-order chi connectivity index (χ1) is 38.8. The number of aromatic nitrogens is 2. The summed E-state index contributed by atoms with van der Waals surface area (Å²) in [6.07, 6.45) is 1.92. The molecule has 1 aliphatic rings. The predicted octanol–water partition coefficient (Wildman–Crippen LogP) is 21.0. The van der Waals surface area contributed by atoms with Crippen molar-refractivity contribution in [1.29, 1.82) is 0 Å². The molecule has 0 unspecified atom stereocenters. The molecule has 9 aromatic carbocycles. The van der Waals surface area contributed by atoms with Crippen LogP contribution in [0, 0.1) is 5.82 Å². The largest absolute Gasteiger partial charge is 0.457 e. The van der Waals surface area contributed by atoms with Crippen LogP contribution in [0.2, 0.25) is 0 Å². The van der Waals surface area contributed by atoms with Crippen LogP contribution in [0.15, 0.2) is 212 Å². The van der Waals surface area contributed by atoms with Crippen LogP contribution in [0.4, 0.5) is 27.1 Å². The van der Waals surface area contributed by atoms with E-state index >= 15 is 4.39 Å². The van der Waals surface area contributed by atoms with E-state index in [1.807, 2.05) is 18.3 Å². The molecule has 3 heterocycles. The minimum absolute atomic E-state index is 0.0527. The van der Waals surface area contributed by atoms with Crippen LogP contribution in [-0.4, -0.2) is 16.2 Å². The van der Waals surface area contributed by atoms with Crippen LogP contribution in [0.5, 0.6) is 11.5 Å². The van der Waals surface area contributed by atoms with Gasteiger partial charge in [0.25, 0.3) is 0 Å². The smallest absolute Gasteiger partial charge is 0.137 e. The molecule has 404 valence electrons. The summed E-state index contributed by atoms with van der Waals surface area (Å²) in [5.74, 6) is 2.33. The van der Waals surface area contributed by atoms with E-state index in [0.29, 0.717) is 6.67 Å². The highest BCUT2D eigenvalue weighted by Gasteiger charge is 2.34. The molecule has 0 atom stereocenters. The summed E-state index contributed by atoms with van der Waals surface area (Å²) < 4.78 is 24.5. The normalized spacial score (nSPS) is 13.0. The first kappa shape index (κ1) is 52.9. The Labute approximate surface area is 478 Å². The van der Waals surface area contributed by atoms with Crippen LogP contribution < -0.4 is 14.5 Å². The molecule has 2 aromatic heterocycles. The van der Waals surface area contributed by atoms with E-state index < -0.39 is 0 Å². The molecule has 1 aliphatic heterocycles. The minimum atomic E-state index is -0.271. The predicted molar refractivity (Wildman–Crippen MR) is 339 cm³/mol. The number of ether oxygens (including phenoxy) is 1. The molecule has 0 N–H and O–H groups in total. The number of benzene rings is 9. The molecule has 0 saturated heterocycles. The fraction of sp³-hybridized carbons (Fsp3) is 0.213. The number of rotatable bonds is 10. The zero-order chi connectivity index (χ0) is 56.5. The standard InChI is InChI=1S/C75H71FN4O/c1-48(2)61-23-15-16-24-62(61)53-39-58(45-60(40-53)81-59-33-34-64-63-25-17-18-26-67(63)80(70(64)46-59)71-44-54(35-36-77-71)73(3,4)5)78-47-79(69-28-20-19-27-68(69)78)72-65(50-29-31-57(76)32-30-50)41-51(49-21-13-12-14-22-49)42-66(72)52-37-55(74(6,7)8)43-56(38-52)75(9,10)11/h12-46,48H,47H2,1-11H3. The fourth-order valence-corrected chi connectivity index (χ4v) is 11.7. The summed E-state index contributed by atoms with van der Waals surface area (Å²) >= 11 is 0. The first-order valence-electron chi connectivity index (χ1n) is 28.5. The van der Waals surface area contributed by atoms with E-state index in [-0.39, 0.29) is 28.0 Å². The highest BCUT2D eigenvalue weighted by Crippen LogP contribution is 2.53. The summed E-state index contributed by atoms with van der Waals surface area (Å²) in [4.78, 5) is 9.87. The highest BCUT2D eigenvalue weighted by molar-refractivity contribution is 6.09. The third-order valence-electron chi connectivity index (χ3n) is 16.2. The zero-order valence-corrected chi connectivity index (χ0v) is 48.6. The lowest BCUT2D eigenvalue weighted by atomic mass is 9.78. The first-order valence-corrected chi connectivity index (χ1v) is 28.5. The van der Waals surface area contributed by atoms with Gasteiger partial charge in [0.2, 0.25) is 0 Å². The third kappa shape index (κ3) is 10.2. The second-order valence-corrected chi connectivity index (χ2v) is 25.3. The van der Waals surface area contributed by atoms with Crippen molar-refractivity contribution >= 4 is 44.6 Å². The van der Waals surface area contributed by atoms with Crippen molar-refractivity contribution in [3.05, 3.63) is 241 Å². The van der Waals surface area contributed by atoms with E-state index in [2.05, 4.69) is 273 Å². The molecule has 0 fully saturated rings. The highest BCUT2D eigenvalue weighted by atomic mass is 19.1. The van der Waals surface area contributed by atoms with E-state index in [1.54, 1.807) is 12.1 Å². The molecule has 0 saturated carbocycles. The van der Waals surface area contributed by atoms with Crippen LogP contribution >= 0.6 is 0 Å². The van der Waals surface area contributed by atoms with Crippen molar-refractivity contribution in [2.45, 2.75) is 98.3 Å². The Morgan fingerprint density at radius 2 is 1.05 bits per heavy atom. The fourth-order valence-electron chi connectivity index (χ4n) is 11.7. The summed E-state index contributed by atoms with van der Waals surface area (Å²) in [6, 6.07) is 73.0. The molecule has 81 heavy (non-hydrogen) atoms. The van der Waals surface area contributed by atoms with Gasteiger partial charge in [-0.05, 0) is 157 Å². The number of hydrogen-bond acceptors (Lipinski definition) is 4. The van der Waals surface area contributed by atoms with Crippen LogP contribution in [0.1, 0.15) is 104 Å². The maximum Gasteiger partial charge on any atom is 0.137 e. The van der Waals surface area contributed by atoms with Gasteiger partial charge >= 0.3 is 0 Å². The molecule has 11 aromatic rings. The summed E-state index contributed by atoms with van der Waals surface area (Å²) in [7, 11) is 0. The van der Waals surface area contributed by atoms with Crippen molar-refractivity contribution in [2.75, 3.05) is 16.5 Å². The second kappa shape index (κ2) is 20.4. The Morgan fingerprint density at radius 1 is 0.444 bits per heavy atom. The van der Waals surface area contributed by atoms with Crippen molar-refractivity contribution < 1.29 is 9.13 Å². The van der Waals surface area contributed by atoms with Gasteiger partial charge in [-0.15, -0.1) is 0 Å². The van der Waals surface area contributed by atoms with Gasteiger partial charge in [0, 0.05) is 45.9 Å². The van der Waals surface area contributed by atoms with Crippen molar-refractivity contribution in [3.8, 4) is 61.8 Å². The van der Waals surface area contributed by atoms with Gasteiger partial charge in [-0.1, -0.05) is 191 Å². The Morgan fingerprint density at radius 3 is 1.74 bits per heavy atom. The molecule has 0 spiro atoms. The van der Waals surface area contributed by atoms with Gasteiger partial charge in [-0.25, -0.2) is 9.37 Å². The van der Waals surface area contributed by atoms with E-state index in [4.69, 9.17) is 9.72 Å². The molecule has 12 rings (SSSR count). The molecular weight excluding hydrogens is 992 g/mol. The lowest BCUT2D eigenvalue weighted by molar-refractivity contribution is 0.483. The van der Waals surface area contributed by atoms with E-state index in [1.165, 1.54) is 22.3 Å². The van der Waals surface area contributed by atoms with Gasteiger partial charge in [0.1, 0.15) is 29.8 Å². The molecule has 0 bridgehead atoms. The number of para-hydroxylation sites is 3. The Bertz CT molecular complexity index is 4140. The van der Waals surface area contributed by atoms with Crippen LogP contribution in [0.25, 0.3) is 72.1 Å². The minimum Gasteiger partial charge on any atom is -0.457 e. The number of fused-ring (bicyclic) bond motifs is 4. The number of anilines is 4. The Kier molecular flexibility index (Phi) is 13.3. The van der Waals surface area contributed by atoms with Gasteiger partial charge in [0.05, 0.1) is 28.1 Å². The Balaban J connectivity index is 1.06. The Hall–Kier alpha value is -8.74. The second-order valence-electron chi connectivity index (χ2n) is 25.3. The van der Waals surface area contributed by atoms with Gasteiger partial charge in [-0.3, -0.25) is 4.57 Å². The maximum absolute atomic E-state index is 15.1. The molecule has 0 radical (unpaired) electrons. The number of halogens is 1.